The van der Waals surface area contributed by atoms with Gasteiger partial charge in [0.1, 0.15) is 40.2 Å². The number of amidine groups is 1. The molecule has 1 amide bonds. The maximum atomic E-state index is 12.5. The van der Waals surface area contributed by atoms with Crippen LogP contribution in [0.25, 0.3) is 0 Å². The Kier molecular flexibility index (Phi) is 9.28. The molecule has 220 valence electrons. The maximum absolute atomic E-state index is 12.5. The van der Waals surface area contributed by atoms with Gasteiger partial charge < -0.3 is 25.0 Å². The number of anilines is 1. The molecule has 2 heterocycles. The molecule has 2 aromatic rings. The second-order valence-corrected chi connectivity index (χ2v) is 13.9. The molecule has 0 bridgehead atoms. The van der Waals surface area contributed by atoms with E-state index in [1.54, 1.807) is 12.1 Å². The van der Waals surface area contributed by atoms with Gasteiger partial charge in [-0.25, -0.2) is 13.4 Å². The Morgan fingerprint density at radius 1 is 1.17 bits per heavy atom. The van der Waals surface area contributed by atoms with Gasteiger partial charge in [-0.15, -0.1) is 0 Å². The molecule has 2 aliphatic rings. The second-order valence-electron chi connectivity index (χ2n) is 10.9. The smallest absolute Gasteiger partial charge is 0.240 e. The van der Waals surface area contributed by atoms with Gasteiger partial charge in [-0.1, -0.05) is 31.5 Å². The van der Waals surface area contributed by atoms with Crippen molar-refractivity contribution in [1.82, 2.24) is 10.2 Å². The number of carbonyl (C=O) groups excluding carboxylic acids is 1. The third-order valence-electron chi connectivity index (χ3n) is 6.82. The predicted molar refractivity (Wildman–Crippen MR) is 163 cm³/mol. The Morgan fingerprint density at radius 2 is 1.93 bits per heavy atom. The Hall–Kier alpha value is -3.57. The number of hydrogen-bond donors (Lipinski definition) is 2. The van der Waals surface area contributed by atoms with E-state index in [2.05, 4.69) is 34.5 Å². The van der Waals surface area contributed by atoms with Crippen molar-refractivity contribution in [3.8, 4) is 17.2 Å². The van der Waals surface area contributed by atoms with Gasteiger partial charge in [0.05, 0.1) is 17.7 Å². The summed E-state index contributed by atoms with van der Waals surface area (Å²) >= 11 is 6.58. The molecule has 2 N–H and O–H groups in total. The number of hydrogen-bond acceptors (Lipinski definition) is 9. The van der Waals surface area contributed by atoms with Crippen LogP contribution in [0.3, 0.4) is 0 Å². The lowest BCUT2D eigenvalue weighted by Gasteiger charge is -2.31. The Balaban J connectivity index is 1.38. The first kappa shape index (κ1) is 30.4. The Morgan fingerprint density at radius 3 is 2.63 bits per heavy atom. The van der Waals surface area contributed by atoms with Crippen molar-refractivity contribution in [2.24, 2.45) is 15.9 Å². The van der Waals surface area contributed by atoms with E-state index in [0.717, 1.165) is 17.7 Å². The summed E-state index contributed by atoms with van der Waals surface area (Å²) in [6.45, 7) is 8.28. The van der Waals surface area contributed by atoms with Gasteiger partial charge in [0.25, 0.3) is 0 Å². The van der Waals surface area contributed by atoms with E-state index in [1.165, 1.54) is 20.2 Å². The van der Waals surface area contributed by atoms with Crippen LogP contribution in [0.5, 0.6) is 17.2 Å². The van der Waals surface area contributed by atoms with Crippen molar-refractivity contribution in [3.63, 3.8) is 0 Å². The van der Waals surface area contributed by atoms with Crippen LogP contribution in [0, 0.1) is 5.92 Å². The summed E-state index contributed by atoms with van der Waals surface area (Å²) in [4.78, 5) is 23.4. The molecule has 4 rings (SSSR count). The molecule has 12 heteroatoms. The maximum Gasteiger partial charge on any atom is 0.240 e. The molecule has 0 radical (unpaired) electrons. The molecule has 2 unspecified atom stereocenters. The topological polar surface area (TPSA) is 122 Å². The molecule has 10 nitrogen and oxygen atoms in total. The number of rotatable bonds is 11. The van der Waals surface area contributed by atoms with Crippen molar-refractivity contribution in [2.75, 3.05) is 31.3 Å². The van der Waals surface area contributed by atoms with E-state index in [-0.39, 0.29) is 18.6 Å². The normalized spacial score (nSPS) is 18.2. The molecule has 0 saturated carbocycles. The average molecular weight is 602 g/mol. The lowest BCUT2D eigenvalue weighted by molar-refractivity contribution is -0.122. The van der Waals surface area contributed by atoms with Crippen LogP contribution in [0.15, 0.2) is 64.7 Å². The number of sulfone groups is 1. The molecule has 2 atom stereocenters. The minimum atomic E-state index is -3.56. The van der Waals surface area contributed by atoms with Crippen LogP contribution in [0.4, 0.5) is 5.69 Å². The van der Waals surface area contributed by atoms with E-state index < -0.39 is 20.5 Å². The highest BCUT2D eigenvalue weighted by Crippen LogP contribution is 2.33. The summed E-state index contributed by atoms with van der Waals surface area (Å²) in [5.41, 5.74) is 0.722. The number of halogens is 1. The van der Waals surface area contributed by atoms with Gasteiger partial charge >= 0.3 is 0 Å². The highest BCUT2D eigenvalue weighted by Gasteiger charge is 2.39. The zero-order chi connectivity index (χ0) is 29.8. The highest BCUT2D eigenvalue weighted by molar-refractivity contribution is 7.92. The van der Waals surface area contributed by atoms with Gasteiger partial charge in [0, 0.05) is 31.1 Å². The number of fused-ring (bicyclic) bond motifs is 1. The number of nitrogens with zero attached hydrogens (tertiary/aromatic N) is 3. The fraction of sp³-hybridized carbons (Fsp3) is 0.414. The lowest BCUT2D eigenvalue weighted by Crippen LogP contribution is -2.51. The molecule has 0 saturated heterocycles. The van der Waals surface area contributed by atoms with Crippen LogP contribution >= 0.6 is 11.6 Å². The standard InChI is InChI=1S/C29H36ClN5O5S/c1-19(2)17-39-21-7-6-8-22(16-21)40-25-10-9-20(15-23(25)30)34-27-26-24(32-18-33-27)11-13-35(26)14-12-31-28(36)29(3,4)41(5,37)38/h6-11,13,15-16,18-19,24,26H,12,14,17H2,1-5H3,(H,31,36)(H,32,33,34). The third-order valence-corrected chi connectivity index (χ3v) is 9.16. The van der Waals surface area contributed by atoms with E-state index in [4.69, 9.17) is 21.1 Å². The zero-order valence-corrected chi connectivity index (χ0v) is 25.4. The minimum Gasteiger partial charge on any atom is -0.493 e. The lowest BCUT2D eigenvalue weighted by atomic mass is 10.1. The predicted octanol–water partition coefficient (Wildman–Crippen LogP) is 4.53. The first-order valence-electron chi connectivity index (χ1n) is 13.3. The van der Waals surface area contributed by atoms with E-state index in [9.17, 15) is 13.2 Å². The number of aliphatic imine (C=N–C) groups is 2. The molecule has 41 heavy (non-hydrogen) atoms. The summed E-state index contributed by atoms with van der Waals surface area (Å²) < 4.78 is 34.2. The van der Waals surface area contributed by atoms with Crippen LogP contribution < -0.4 is 20.1 Å². The SMILES string of the molecule is CC(C)COc1cccc(Oc2ccc(NC3=NC=NC4C=CN(CCNC(=O)C(C)(C)S(C)(=O)=O)C34)cc2Cl)c1. The summed E-state index contributed by atoms with van der Waals surface area (Å²) in [6.07, 6.45) is 6.44. The quantitative estimate of drug-likeness (QED) is 0.388. The number of amides is 1. The van der Waals surface area contributed by atoms with E-state index >= 15 is 0 Å². The fourth-order valence-electron chi connectivity index (χ4n) is 4.12. The largest absolute Gasteiger partial charge is 0.493 e. The number of benzene rings is 2. The van der Waals surface area contributed by atoms with Crippen LogP contribution in [0.1, 0.15) is 27.7 Å². The molecule has 0 fully saturated rings. The monoisotopic (exact) mass is 601 g/mol. The van der Waals surface area contributed by atoms with Crippen LogP contribution in [-0.2, 0) is 14.6 Å². The molecule has 2 aliphatic heterocycles. The van der Waals surface area contributed by atoms with E-state index in [0.29, 0.717) is 41.4 Å². The van der Waals surface area contributed by atoms with Crippen LogP contribution in [-0.4, -0.2) is 74.2 Å². The van der Waals surface area contributed by atoms with Gasteiger partial charge in [0.15, 0.2) is 9.84 Å². The van der Waals surface area contributed by atoms with Crippen molar-refractivity contribution in [3.05, 3.63) is 59.8 Å². The van der Waals surface area contributed by atoms with Crippen molar-refractivity contribution in [1.29, 1.82) is 0 Å². The zero-order valence-electron chi connectivity index (χ0n) is 23.8. The molecule has 2 aromatic carbocycles. The fourth-order valence-corrected chi connectivity index (χ4v) is 4.75. The van der Waals surface area contributed by atoms with Gasteiger partial charge in [-0.3, -0.25) is 9.79 Å². The van der Waals surface area contributed by atoms with Gasteiger partial charge in [-0.05, 0) is 62.4 Å². The highest BCUT2D eigenvalue weighted by atomic mass is 35.5. The molecular formula is C29H36ClN5O5S. The van der Waals surface area contributed by atoms with Crippen molar-refractivity contribution < 1.29 is 22.7 Å². The van der Waals surface area contributed by atoms with Gasteiger partial charge in [0.2, 0.25) is 5.91 Å². The van der Waals surface area contributed by atoms with E-state index in [1.807, 2.05) is 47.5 Å². The molecule has 0 spiro atoms. The Labute approximate surface area is 246 Å². The second kappa shape index (κ2) is 12.5. The molecule has 0 aliphatic carbocycles. The minimum absolute atomic E-state index is 0.151. The summed E-state index contributed by atoms with van der Waals surface area (Å²) in [6, 6.07) is 12.4. The van der Waals surface area contributed by atoms with Crippen LogP contribution in [0.2, 0.25) is 5.02 Å². The first-order chi connectivity index (χ1) is 19.3. The third kappa shape index (κ3) is 7.39. The first-order valence-corrected chi connectivity index (χ1v) is 15.6. The van der Waals surface area contributed by atoms with Crippen molar-refractivity contribution >= 4 is 45.2 Å². The average Bonchev–Trinajstić information content (AvgIpc) is 3.32. The Bertz CT molecular complexity index is 1470. The van der Waals surface area contributed by atoms with Gasteiger partial charge in [-0.2, -0.15) is 0 Å². The number of ether oxygens (including phenoxy) is 2. The summed E-state index contributed by atoms with van der Waals surface area (Å²) in [7, 11) is -3.56. The number of carbonyl (C=O) groups is 1. The molecular weight excluding hydrogens is 566 g/mol. The molecule has 0 aromatic heterocycles. The summed E-state index contributed by atoms with van der Waals surface area (Å²) in [5, 5.41) is 6.50. The number of nitrogens with one attached hydrogen (secondary N) is 2. The summed E-state index contributed by atoms with van der Waals surface area (Å²) in [5.74, 6) is 2.38. The van der Waals surface area contributed by atoms with Crippen molar-refractivity contribution in [2.45, 2.75) is 44.5 Å².